The number of para-hydroxylation sites is 1. The van der Waals surface area contributed by atoms with Gasteiger partial charge in [0, 0.05) is 25.1 Å². The second-order valence-electron chi connectivity index (χ2n) is 11.0. The maximum Gasteiger partial charge on any atom is 0.407 e. The van der Waals surface area contributed by atoms with E-state index in [0.29, 0.717) is 11.3 Å². The first kappa shape index (κ1) is 30.8. The molecule has 9 nitrogen and oxygen atoms in total. The van der Waals surface area contributed by atoms with Crippen LogP contribution >= 0.6 is 0 Å². The van der Waals surface area contributed by atoms with Gasteiger partial charge in [-0.3, -0.25) is 14.4 Å². The highest BCUT2D eigenvalue weighted by Gasteiger charge is 2.24. The molecule has 0 aliphatic heterocycles. The van der Waals surface area contributed by atoms with Gasteiger partial charge in [0.15, 0.2) is 0 Å². The van der Waals surface area contributed by atoms with Crippen LogP contribution in [0.2, 0.25) is 0 Å². The Balaban J connectivity index is 1.44. The van der Waals surface area contributed by atoms with E-state index in [9.17, 15) is 19.2 Å². The normalized spacial score (nSPS) is 11.7. The van der Waals surface area contributed by atoms with Gasteiger partial charge in [-0.2, -0.15) is 0 Å². The standard InChI is InChI=1S/C34H36N4O5/c1-34(2,3)43-33(42)36-20-19-35-32(41)29(21-23-11-5-4-6-12-23)38-31(40)27-15-9-10-16-28(27)37-30(39)26-18-17-24-13-7-8-14-25(24)22-26/h4-18,22,29H,19-21H2,1-3H3,(H,35,41)(H,36,42)(H,37,39)(H,38,40)/t29-/m0/s1. The summed E-state index contributed by atoms with van der Waals surface area (Å²) in [4.78, 5) is 51.7. The lowest BCUT2D eigenvalue weighted by Gasteiger charge is -2.21. The number of hydrogen-bond donors (Lipinski definition) is 4. The number of amides is 4. The van der Waals surface area contributed by atoms with Crippen LogP contribution in [0.15, 0.2) is 97.1 Å². The summed E-state index contributed by atoms with van der Waals surface area (Å²) in [5, 5.41) is 13.0. The molecule has 4 amide bonds. The summed E-state index contributed by atoms with van der Waals surface area (Å²) in [5.41, 5.74) is 1.21. The number of fused-ring (bicyclic) bond motifs is 1. The van der Waals surface area contributed by atoms with E-state index in [-0.39, 0.29) is 31.0 Å². The summed E-state index contributed by atoms with van der Waals surface area (Å²) in [5.74, 6) is -1.29. The highest BCUT2D eigenvalue weighted by atomic mass is 16.6. The van der Waals surface area contributed by atoms with Crippen molar-refractivity contribution in [1.82, 2.24) is 16.0 Å². The van der Waals surface area contributed by atoms with Crippen LogP contribution in [0.4, 0.5) is 10.5 Å². The fraction of sp³-hybridized carbons (Fsp3) is 0.235. The zero-order valence-electron chi connectivity index (χ0n) is 24.5. The lowest BCUT2D eigenvalue weighted by molar-refractivity contribution is -0.122. The molecule has 0 aromatic heterocycles. The van der Waals surface area contributed by atoms with E-state index in [1.165, 1.54) is 0 Å². The predicted octanol–water partition coefficient (Wildman–Crippen LogP) is 5.07. The second kappa shape index (κ2) is 14.1. The topological polar surface area (TPSA) is 126 Å². The number of benzene rings is 4. The van der Waals surface area contributed by atoms with Gasteiger partial charge in [-0.1, -0.05) is 72.8 Å². The lowest BCUT2D eigenvalue weighted by atomic mass is 10.0. The number of carbonyl (C=O) groups is 4. The first-order valence-electron chi connectivity index (χ1n) is 14.1. The Kier molecular flexibility index (Phi) is 10.1. The molecule has 4 N–H and O–H groups in total. The average molecular weight is 581 g/mol. The van der Waals surface area contributed by atoms with E-state index < -0.39 is 29.6 Å². The zero-order valence-corrected chi connectivity index (χ0v) is 24.5. The summed E-state index contributed by atoms with van der Waals surface area (Å²) < 4.78 is 5.21. The molecule has 1 atom stereocenters. The van der Waals surface area contributed by atoms with Crippen LogP contribution < -0.4 is 21.3 Å². The number of nitrogens with one attached hydrogen (secondary N) is 4. The summed E-state index contributed by atoms with van der Waals surface area (Å²) in [6.07, 6.45) is -0.345. The Morgan fingerprint density at radius 2 is 1.37 bits per heavy atom. The van der Waals surface area contributed by atoms with Crippen molar-refractivity contribution in [1.29, 1.82) is 0 Å². The molecule has 0 heterocycles. The maximum atomic E-state index is 13.5. The third kappa shape index (κ3) is 9.16. The van der Waals surface area contributed by atoms with E-state index in [4.69, 9.17) is 4.74 Å². The van der Waals surface area contributed by atoms with Gasteiger partial charge in [-0.05, 0) is 61.4 Å². The van der Waals surface area contributed by atoms with Crippen molar-refractivity contribution in [2.24, 2.45) is 0 Å². The summed E-state index contributed by atoms with van der Waals surface area (Å²) in [6.45, 7) is 5.57. The van der Waals surface area contributed by atoms with E-state index in [1.807, 2.05) is 60.7 Å². The van der Waals surface area contributed by atoms with Crippen molar-refractivity contribution in [3.63, 3.8) is 0 Å². The second-order valence-corrected chi connectivity index (χ2v) is 11.0. The van der Waals surface area contributed by atoms with Gasteiger partial charge < -0.3 is 26.0 Å². The molecule has 4 aromatic carbocycles. The summed E-state index contributed by atoms with van der Waals surface area (Å²) >= 11 is 0. The Bertz CT molecular complexity index is 1600. The average Bonchev–Trinajstić information content (AvgIpc) is 2.98. The van der Waals surface area contributed by atoms with Gasteiger partial charge >= 0.3 is 6.09 Å². The van der Waals surface area contributed by atoms with Crippen LogP contribution in [0.1, 0.15) is 47.1 Å². The SMILES string of the molecule is CC(C)(C)OC(=O)NCCNC(=O)[C@H](Cc1ccccc1)NC(=O)c1ccccc1NC(=O)c1ccc2ccccc2c1. The molecule has 0 aliphatic rings. The molecule has 0 saturated heterocycles. The molecule has 43 heavy (non-hydrogen) atoms. The molecule has 0 unspecified atom stereocenters. The highest BCUT2D eigenvalue weighted by molar-refractivity contribution is 6.10. The number of hydrogen-bond acceptors (Lipinski definition) is 5. The van der Waals surface area contributed by atoms with Crippen LogP contribution in [-0.2, 0) is 16.0 Å². The quantitative estimate of drug-likeness (QED) is 0.195. The third-order valence-electron chi connectivity index (χ3n) is 6.43. The number of anilines is 1. The molecule has 0 aliphatic carbocycles. The minimum Gasteiger partial charge on any atom is -0.444 e. The monoisotopic (exact) mass is 580 g/mol. The molecular weight excluding hydrogens is 544 g/mol. The first-order chi connectivity index (χ1) is 20.6. The van der Waals surface area contributed by atoms with Gasteiger partial charge in [0.1, 0.15) is 11.6 Å². The molecule has 0 fully saturated rings. The zero-order chi connectivity index (χ0) is 30.8. The first-order valence-corrected chi connectivity index (χ1v) is 14.1. The van der Waals surface area contributed by atoms with Crippen LogP contribution in [0.5, 0.6) is 0 Å². The van der Waals surface area contributed by atoms with E-state index >= 15 is 0 Å². The molecule has 0 bridgehead atoms. The maximum absolute atomic E-state index is 13.5. The predicted molar refractivity (Wildman–Crippen MR) is 167 cm³/mol. The van der Waals surface area contributed by atoms with Crippen molar-refractivity contribution in [3.8, 4) is 0 Å². The van der Waals surface area contributed by atoms with Crippen molar-refractivity contribution in [2.75, 3.05) is 18.4 Å². The number of alkyl carbamates (subject to hydrolysis) is 1. The molecule has 4 aromatic rings. The van der Waals surface area contributed by atoms with E-state index in [0.717, 1.165) is 16.3 Å². The smallest absolute Gasteiger partial charge is 0.407 e. The lowest BCUT2D eigenvalue weighted by Crippen LogP contribution is -2.49. The third-order valence-corrected chi connectivity index (χ3v) is 6.43. The molecule has 222 valence electrons. The van der Waals surface area contributed by atoms with Crippen LogP contribution in [0.3, 0.4) is 0 Å². The van der Waals surface area contributed by atoms with E-state index in [2.05, 4.69) is 21.3 Å². The fourth-order valence-corrected chi connectivity index (χ4v) is 4.40. The minimum absolute atomic E-state index is 0.137. The van der Waals surface area contributed by atoms with Gasteiger partial charge in [0.25, 0.3) is 11.8 Å². The molecule has 0 spiro atoms. The van der Waals surface area contributed by atoms with Gasteiger partial charge in [-0.25, -0.2) is 4.79 Å². The van der Waals surface area contributed by atoms with Gasteiger partial charge in [0.05, 0.1) is 11.3 Å². The van der Waals surface area contributed by atoms with Crippen LogP contribution in [0.25, 0.3) is 10.8 Å². The van der Waals surface area contributed by atoms with Gasteiger partial charge in [0.2, 0.25) is 5.91 Å². The van der Waals surface area contributed by atoms with Crippen molar-refractivity contribution < 1.29 is 23.9 Å². The number of ether oxygens (including phenoxy) is 1. The van der Waals surface area contributed by atoms with Crippen LogP contribution in [0, 0.1) is 0 Å². The Labute approximate surface area is 251 Å². The number of rotatable bonds is 10. The van der Waals surface area contributed by atoms with Crippen molar-refractivity contribution in [2.45, 2.75) is 38.8 Å². The van der Waals surface area contributed by atoms with Crippen molar-refractivity contribution >= 4 is 40.3 Å². The molecule has 0 radical (unpaired) electrons. The largest absolute Gasteiger partial charge is 0.444 e. The van der Waals surface area contributed by atoms with Crippen molar-refractivity contribution in [3.05, 3.63) is 114 Å². The molecule has 0 saturated carbocycles. The molecule has 4 rings (SSSR count). The highest BCUT2D eigenvalue weighted by Crippen LogP contribution is 2.20. The molecular formula is C34H36N4O5. The molecule has 9 heteroatoms. The van der Waals surface area contributed by atoms with Crippen LogP contribution in [-0.4, -0.2) is 48.5 Å². The van der Waals surface area contributed by atoms with Gasteiger partial charge in [-0.15, -0.1) is 0 Å². The summed E-state index contributed by atoms with van der Waals surface area (Å²) in [6, 6.07) is 28.2. The minimum atomic E-state index is -0.916. The Morgan fingerprint density at radius 1 is 0.721 bits per heavy atom. The summed E-state index contributed by atoms with van der Waals surface area (Å²) in [7, 11) is 0. The Morgan fingerprint density at radius 3 is 2.12 bits per heavy atom. The fourth-order valence-electron chi connectivity index (χ4n) is 4.40. The number of carbonyl (C=O) groups excluding carboxylic acids is 4. The van der Waals surface area contributed by atoms with E-state index in [1.54, 1.807) is 57.2 Å². The Hall–Kier alpha value is -5.18.